The van der Waals surface area contributed by atoms with Crippen LogP contribution in [0.5, 0.6) is 0 Å². The number of Topliss-reactive ketones (excluding diaryl/α,β-unsaturated/α-hetero) is 1. The molecule has 0 saturated carbocycles. The summed E-state index contributed by atoms with van der Waals surface area (Å²) in [6.45, 7) is 7.64. The SMILES string of the molecule is CCCC(C)N1CCC(=O)CC1C. The van der Waals surface area contributed by atoms with Crippen LogP contribution in [0.1, 0.15) is 46.5 Å². The van der Waals surface area contributed by atoms with Crippen molar-refractivity contribution < 1.29 is 4.79 Å². The third-order valence-electron chi connectivity index (χ3n) is 3.01. The zero-order chi connectivity index (χ0) is 9.84. The smallest absolute Gasteiger partial charge is 0.135 e. The van der Waals surface area contributed by atoms with Gasteiger partial charge in [0.15, 0.2) is 0 Å². The lowest BCUT2D eigenvalue weighted by atomic mass is 9.99. The number of ketones is 1. The Morgan fingerprint density at radius 2 is 2.31 bits per heavy atom. The number of carbonyl (C=O) groups is 1. The molecule has 1 saturated heterocycles. The van der Waals surface area contributed by atoms with Crippen LogP contribution in [0.15, 0.2) is 0 Å². The van der Waals surface area contributed by atoms with E-state index in [1.165, 1.54) is 12.8 Å². The first-order valence-corrected chi connectivity index (χ1v) is 5.42. The molecule has 2 heteroatoms. The van der Waals surface area contributed by atoms with E-state index in [-0.39, 0.29) is 0 Å². The fraction of sp³-hybridized carbons (Fsp3) is 0.909. The molecule has 0 bridgehead atoms. The monoisotopic (exact) mass is 183 g/mol. The summed E-state index contributed by atoms with van der Waals surface area (Å²) in [5.41, 5.74) is 0. The molecule has 0 aliphatic carbocycles. The number of piperidine rings is 1. The molecule has 0 amide bonds. The van der Waals surface area contributed by atoms with Crippen molar-refractivity contribution >= 4 is 5.78 Å². The van der Waals surface area contributed by atoms with Gasteiger partial charge in [0.2, 0.25) is 0 Å². The zero-order valence-corrected chi connectivity index (χ0v) is 9.05. The third kappa shape index (κ3) is 2.80. The maximum Gasteiger partial charge on any atom is 0.135 e. The van der Waals surface area contributed by atoms with Gasteiger partial charge in [-0.05, 0) is 20.3 Å². The Bertz CT molecular complexity index is 179. The maximum atomic E-state index is 11.2. The van der Waals surface area contributed by atoms with Gasteiger partial charge in [0.1, 0.15) is 5.78 Å². The molecule has 1 fully saturated rings. The van der Waals surface area contributed by atoms with Crippen molar-refractivity contribution in [3.05, 3.63) is 0 Å². The minimum atomic E-state index is 0.437. The summed E-state index contributed by atoms with van der Waals surface area (Å²) in [4.78, 5) is 13.6. The summed E-state index contributed by atoms with van der Waals surface area (Å²) in [5, 5.41) is 0. The molecule has 1 aliphatic rings. The molecule has 13 heavy (non-hydrogen) atoms. The molecule has 2 atom stereocenters. The van der Waals surface area contributed by atoms with Gasteiger partial charge in [-0.1, -0.05) is 13.3 Å². The molecule has 1 heterocycles. The normalized spacial score (nSPS) is 27.6. The molecule has 0 N–H and O–H groups in total. The van der Waals surface area contributed by atoms with Crippen LogP contribution in [-0.4, -0.2) is 29.3 Å². The molecule has 1 rings (SSSR count). The van der Waals surface area contributed by atoms with Crippen LogP contribution >= 0.6 is 0 Å². The topological polar surface area (TPSA) is 20.3 Å². The van der Waals surface area contributed by atoms with Crippen LogP contribution < -0.4 is 0 Å². The van der Waals surface area contributed by atoms with Crippen molar-refractivity contribution in [1.29, 1.82) is 0 Å². The molecule has 2 nitrogen and oxygen atoms in total. The van der Waals surface area contributed by atoms with E-state index in [1.807, 2.05) is 0 Å². The summed E-state index contributed by atoms with van der Waals surface area (Å²) < 4.78 is 0. The summed E-state index contributed by atoms with van der Waals surface area (Å²) in [6.07, 6.45) is 4.00. The van der Waals surface area contributed by atoms with E-state index in [0.717, 1.165) is 19.4 Å². The molecular formula is C11H21NO. The first-order valence-electron chi connectivity index (χ1n) is 5.42. The van der Waals surface area contributed by atoms with Gasteiger partial charge >= 0.3 is 0 Å². The predicted octanol–water partition coefficient (Wildman–Crippen LogP) is 2.23. The molecule has 0 aromatic rings. The van der Waals surface area contributed by atoms with Gasteiger partial charge in [-0.15, -0.1) is 0 Å². The first kappa shape index (κ1) is 10.7. The number of likely N-dealkylation sites (tertiary alicyclic amines) is 1. The predicted molar refractivity (Wildman–Crippen MR) is 54.8 cm³/mol. The minimum Gasteiger partial charge on any atom is -0.300 e. The first-order chi connectivity index (χ1) is 6.15. The van der Waals surface area contributed by atoms with Crippen molar-refractivity contribution in [1.82, 2.24) is 4.90 Å². The zero-order valence-electron chi connectivity index (χ0n) is 9.05. The quantitative estimate of drug-likeness (QED) is 0.668. The lowest BCUT2D eigenvalue weighted by molar-refractivity contribution is -0.123. The van der Waals surface area contributed by atoms with E-state index in [0.29, 0.717) is 17.9 Å². The second-order valence-corrected chi connectivity index (χ2v) is 4.22. The van der Waals surface area contributed by atoms with Gasteiger partial charge < -0.3 is 0 Å². The van der Waals surface area contributed by atoms with Crippen LogP contribution in [0.25, 0.3) is 0 Å². The number of rotatable bonds is 3. The van der Waals surface area contributed by atoms with Crippen LogP contribution in [0.3, 0.4) is 0 Å². The lowest BCUT2D eigenvalue weighted by Gasteiger charge is -2.37. The molecule has 0 spiro atoms. The van der Waals surface area contributed by atoms with Crippen LogP contribution in [0.2, 0.25) is 0 Å². The lowest BCUT2D eigenvalue weighted by Crippen LogP contribution is -2.45. The summed E-state index contributed by atoms with van der Waals surface area (Å²) in [7, 11) is 0. The Labute approximate surface area is 81.3 Å². The summed E-state index contributed by atoms with van der Waals surface area (Å²) >= 11 is 0. The molecule has 1 aliphatic heterocycles. The molecule has 0 aromatic carbocycles. The van der Waals surface area contributed by atoms with E-state index in [9.17, 15) is 4.79 Å². The van der Waals surface area contributed by atoms with Crippen LogP contribution in [0.4, 0.5) is 0 Å². The Morgan fingerprint density at radius 3 is 2.85 bits per heavy atom. The van der Waals surface area contributed by atoms with Crippen LogP contribution in [0, 0.1) is 0 Å². The average molecular weight is 183 g/mol. The highest BCUT2D eigenvalue weighted by Crippen LogP contribution is 2.18. The number of carbonyl (C=O) groups excluding carboxylic acids is 1. The number of hydrogen-bond acceptors (Lipinski definition) is 2. The van der Waals surface area contributed by atoms with Crippen molar-refractivity contribution in [2.24, 2.45) is 0 Å². The van der Waals surface area contributed by atoms with Gasteiger partial charge in [-0.2, -0.15) is 0 Å². The minimum absolute atomic E-state index is 0.437. The summed E-state index contributed by atoms with van der Waals surface area (Å²) in [6, 6.07) is 1.11. The van der Waals surface area contributed by atoms with Gasteiger partial charge in [0.25, 0.3) is 0 Å². The summed E-state index contributed by atoms with van der Waals surface area (Å²) in [5.74, 6) is 0.437. The molecule has 2 unspecified atom stereocenters. The van der Waals surface area contributed by atoms with E-state index in [1.54, 1.807) is 0 Å². The van der Waals surface area contributed by atoms with E-state index in [4.69, 9.17) is 0 Å². The number of nitrogens with zero attached hydrogens (tertiary/aromatic N) is 1. The van der Waals surface area contributed by atoms with Crippen molar-refractivity contribution in [3.8, 4) is 0 Å². The highest BCUT2D eigenvalue weighted by atomic mass is 16.1. The fourth-order valence-electron chi connectivity index (χ4n) is 2.26. The fourth-order valence-corrected chi connectivity index (χ4v) is 2.26. The Hall–Kier alpha value is -0.370. The standard InChI is InChI=1S/C11H21NO/c1-4-5-9(2)12-7-6-11(13)8-10(12)3/h9-10H,4-8H2,1-3H3. The largest absolute Gasteiger partial charge is 0.300 e. The van der Waals surface area contributed by atoms with E-state index in [2.05, 4.69) is 25.7 Å². The Morgan fingerprint density at radius 1 is 1.62 bits per heavy atom. The van der Waals surface area contributed by atoms with Gasteiger partial charge in [-0.25, -0.2) is 0 Å². The van der Waals surface area contributed by atoms with Gasteiger partial charge in [0, 0.05) is 31.5 Å². The third-order valence-corrected chi connectivity index (χ3v) is 3.01. The van der Waals surface area contributed by atoms with Crippen molar-refractivity contribution in [2.75, 3.05) is 6.54 Å². The highest BCUT2D eigenvalue weighted by molar-refractivity contribution is 5.79. The Kier molecular flexibility index (Phi) is 3.91. The van der Waals surface area contributed by atoms with E-state index >= 15 is 0 Å². The number of hydrogen-bond donors (Lipinski definition) is 0. The molecule has 0 aromatic heterocycles. The second-order valence-electron chi connectivity index (χ2n) is 4.22. The average Bonchev–Trinajstić information content (AvgIpc) is 2.04. The second kappa shape index (κ2) is 4.75. The van der Waals surface area contributed by atoms with Crippen LogP contribution in [-0.2, 0) is 4.79 Å². The van der Waals surface area contributed by atoms with Gasteiger partial charge in [0.05, 0.1) is 0 Å². The molecule has 0 radical (unpaired) electrons. The molecule has 76 valence electrons. The molecular weight excluding hydrogens is 162 g/mol. The van der Waals surface area contributed by atoms with E-state index < -0.39 is 0 Å². The Balaban J connectivity index is 2.45. The highest BCUT2D eigenvalue weighted by Gasteiger charge is 2.26. The maximum absolute atomic E-state index is 11.2. The van der Waals surface area contributed by atoms with Crippen molar-refractivity contribution in [2.45, 2.75) is 58.5 Å². The van der Waals surface area contributed by atoms with Crippen molar-refractivity contribution in [3.63, 3.8) is 0 Å². The van der Waals surface area contributed by atoms with Gasteiger partial charge in [-0.3, -0.25) is 9.69 Å².